The summed E-state index contributed by atoms with van der Waals surface area (Å²) in [7, 11) is 0. The molecule has 1 saturated heterocycles. The molecule has 0 saturated carbocycles. The Bertz CT molecular complexity index is 1290. The molecule has 0 spiro atoms. The predicted molar refractivity (Wildman–Crippen MR) is 136 cm³/mol. The number of allylic oxidation sites excluding steroid dienone is 1. The number of piperazine rings is 1. The Labute approximate surface area is 206 Å². The number of nitrogens with one attached hydrogen (secondary N) is 2. The number of amides is 1. The van der Waals surface area contributed by atoms with Crippen LogP contribution in [0.3, 0.4) is 0 Å². The van der Waals surface area contributed by atoms with Gasteiger partial charge in [-0.15, -0.1) is 0 Å². The normalized spacial score (nSPS) is 16.6. The van der Waals surface area contributed by atoms with Crippen molar-refractivity contribution < 1.29 is 18.0 Å². The molecule has 2 aliphatic rings. The molecule has 2 aromatic rings. The second kappa shape index (κ2) is 9.63. The number of nitrogen functional groups attached to an aromatic ring is 1. The number of rotatable bonds is 5. The zero-order chi connectivity index (χ0) is 26.2. The first-order valence-electron chi connectivity index (χ1n) is 11.6. The topological polar surface area (TPSA) is 136 Å². The third-order valence-electron chi connectivity index (χ3n) is 6.86. The fraction of sp³-hybridized carbons (Fsp3) is 0.360. The van der Waals surface area contributed by atoms with Crippen LogP contribution in [0.4, 0.5) is 24.5 Å². The van der Waals surface area contributed by atoms with Crippen LogP contribution in [0.5, 0.6) is 0 Å². The van der Waals surface area contributed by atoms with E-state index in [0.29, 0.717) is 72.4 Å². The van der Waals surface area contributed by atoms with Crippen LogP contribution in [-0.2, 0) is 17.6 Å². The smallest absolute Gasteiger partial charge is 0.404 e. The van der Waals surface area contributed by atoms with Crippen LogP contribution >= 0.6 is 0 Å². The van der Waals surface area contributed by atoms with Gasteiger partial charge in [0, 0.05) is 60.8 Å². The average molecular weight is 500 g/mol. The molecule has 11 heteroatoms. The minimum absolute atomic E-state index is 0.0458. The zero-order valence-corrected chi connectivity index (χ0v) is 19.7. The maximum Gasteiger partial charge on any atom is 0.433 e. The highest BCUT2D eigenvalue weighted by atomic mass is 19.4. The molecular formula is C25H28F3N7O. The van der Waals surface area contributed by atoms with Crippen molar-refractivity contribution in [2.45, 2.75) is 31.9 Å². The number of aromatic nitrogens is 1. The highest BCUT2D eigenvalue weighted by Gasteiger charge is 2.39. The van der Waals surface area contributed by atoms with E-state index >= 15 is 0 Å². The lowest BCUT2D eigenvalue weighted by molar-refractivity contribution is -0.126. The van der Waals surface area contributed by atoms with Crippen LogP contribution in [-0.4, -0.2) is 60.1 Å². The maximum atomic E-state index is 13.5. The molecule has 1 aromatic carbocycles. The second-order valence-corrected chi connectivity index (χ2v) is 8.86. The van der Waals surface area contributed by atoms with Crippen LogP contribution in [0.25, 0.3) is 16.5 Å². The molecule has 0 atom stereocenters. The van der Waals surface area contributed by atoms with Gasteiger partial charge in [-0.2, -0.15) is 13.2 Å². The largest absolute Gasteiger partial charge is 0.433 e. The van der Waals surface area contributed by atoms with Crippen LogP contribution < -0.4 is 16.4 Å². The zero-order valence-electron chi connectivity index (χ0n) is 19.7. The first-order chi connectivity index (χ1) is 17.1. The number of alkyl halides is 3. The molecule has 0 radical (unpaired) electrons. The number of nitrogens with two attached hydrogens (primary N) is 2. The number of carbonyl (C=O) groups is 1. The van der Waals surface area contributed by atoms with Gasteiger partial charge in [-0.3, -0.25) is 10.2 Å². The van der Waals surface area contributed by atoms with Gasteiger partial charge in [0.1, 0.15) is 5.71 Å². The standard InChI is InChI=1S/C25H28F3N7O/c1-2-20(36)35-9-7-34(8-10-35)19-11-18(31)16(12-29)21-14-5-3-4-6-15(14)22(33-23(19)21)17(13-30)24(32)25(26,27)28/h2,11-13,29,32H,1,3-10,30-31H2/b17-13-,29-12?,32-24?. The number of carbonyl (C=O) groups excluding carboxylic acids is 1. The molecule has 4 rings (SSSR count). The molecule has 1 fully saturated rings. The summed E-state index contributed by atoms with van der Waals surface area (Å²) in [6.07, 6.45) is 0.985. The van der Waals surface area contributed by atoms with Gasteiger partial charge in [-0.25, -0.2) is 4.98 Å². The average Bonchev–Trinajstić information content (AvgIpc) is 2.88. The van der Waals surface area contributed by atoms with E-state index in [2.05, 4.69) is 6.58 Å². The van der Waals surface area contributed by atoms with Crippen molar-refractivity contribution in [2.24, 2.45) is 5.73 Å². The number of pyridine rings is 1. The molecule has 0 bridgehead atoms. The fourth-order valence-corrected chi connectivity index (χ4v) is 5.08. The van der Waals surface area contributed by atoms with Crippen molar-refractivity contribution in [2.75, 3.05) is 36.8 Å². The summed E-state index contributed by atoms with van der Waals surface area (Å²) in [5, 5.41) is 16.4. The van der Waals surface area contributed by atoms with Crippen LogP contribution in [0.15, 0.2) is 24.9 Å². The number of aryl methyl sites for hydroxylation is 1. The molecule has 2 heterocycles. The molecule has 1 aromatic heterocycles. The van der Waals surface area contributed by atoms with E-state index in [1.807, 2.05) is 4.90 Å². The molecule has 1 aliphatic heterocycles. The Balaban J connectivity index is 1.96. The first kappa shape index (κ1) is 25.2. The molecule has 1 amide bonds. The highest BCUT2D eigenvalue weighted by molar-refractivity contribution is 6.25. The van der Waals surface area contributed by atoms with Crippen molar-refractivity contribution in [1.82, 2.24) is 9.88 Å². The van der Waals surface area contributed by atoms with Gasteiger partial charge in [0.05, 0.1) is 16.9 Å². The van der Waals surface area contributed by atoms with Gasteiger partial charge < -0.3 is 26.7 Å². The lowest BCUT2D eigenvalue weighted by Crippen LogP contribution is -2.48. The van der Waals surface area contributed by atoms with E-state index in [0.717, 1.165) is 30.8 Å². The lowest BCUT2D eigenvalue weighted by Gasteiger charge is -2.36. The van der Waals surface area contributed by atoms with Gasteiger partial charge in [-0.1, -0.05) is 6.58 Å². The Morgan fingerprint density at radius 3 is 2.33 bits per heavy atom. The SMILES string of the molecule is C=CC(=O)N1CCN(c2cc(N)c(C=N)c3c4c(c(/C(=C/N)C(=N)C(F)(F)F)nc23)CCCC4)CC1. The number of fused-ring (bicyclic) bond motifs is 3. The third-order valence-corrected chi connectivity index (χ3v) is 6.86. The Kier molecular flexibility index (Phi) is 6.75. The Morgan fingerprint density at radius 1 is 1.14 bits per heavy atom. The van der Waals surface area contributed by atoms with Crippen molar-refractivity contribution in [3.63, 3.8) is 0 Å². The van der Waals surface area contributed by atoms with Gasteiger partial charge in [-0.05, 0) is 49.0 Å². The van der Waals surface area contributed by atoms with Gasteiger partial charge in [0.25, 0.3) is 0 Å². The van der Waals surface area contributed by atoms with E-state index < -0.39 is 17.5 Å². The van der Waals surface area contributed by atoms with E-state index in [1.54, 1.807) is 11.0 Å². The molecule has 36 heavy (non-hydrogen) atoms. The molecule has 6 N–H and O–H groups in total. The predicted octanol–water partition coefficient (Wildman–Crippen LogP) is 3.41. The molecule has 190 valence electrons. The van der Waals surface area contributed by atoms with E-state index in [9.17, 15) is 18.0 Å². The number of nitrogens with zero attached hydrogens (tertiary/aromatic N) is 3. The molecular weight excluding hydrogens is 471 g/mol. The van der Waals surface area contributed by atoms with Gasteiger partial charge >= 0.3 is 6.18 Å². The first-order valence-corrected chi connectivity index (χ1v) is 11.6. The van der Waals surface area contributed by atoms with Crippen LogP contribution in [0.1, 0.15) is 35.2 Å². The molecule has 0 unspecified atom stereocenters. The van der Waals surface area contributed by atoms with Crippen LogP contribution in [0.2, 0.25) is 0 Å². The summed E-state index contributed by atoms with van der Waals surface area (Å²) >= 11 is 0. The quantitative estimate of drug-likeness (QED) is 0.284. The summed E-state index contributed by atoms with van der Waals surface area (Å²) in [5.74, 6) is -0.170. The van der Waals surface area contributed by atoms with Crippen molar-refractivity contribution in [3.8, 4) is 0 Å². The fourth-order valence-electron chi connectivity index (χ4n) is 5.08. The minimum Gasteiger partial charge on any atom is -0.404 e. The lowest BCUT2D eigenvalue weighted by atomic mass is 9.83. The van der Waals surface area contributed by atoms with Crippen molar-refractivity contribution in [3.05, 3.63) is 47.3 Å². The van der Waals surface area contributed by atoms with E-state index in [-0.39, 0.29) is 11.6 Å². The molecule has 1 aliphatic carbocycles. The summed E-state index contributed by atoms with van der Waals surface area (Å²) < 4.78 is 40.6. The monoisotopic (exact) mass is 499 g/mol. The molecule has 8 nitrogen and oxygen atoms in total. The summed E-state index contributed by atoms with van der Waals surface area (Å²) in [6, 6.07) is 1.68. The van der Waals surface area contributed by atoms with E-state index in [1.165, 1.54) is 6.08 Å². The summed E-state index contributed by atoms with van der Waals surface area (Å²) in [5.41, 5.74) is 13.3. The summed E-state index contributed by atoms with van der Waals surface area (Å²) in [4.78, 5) is 20.4. The Morgan fingerprint density at radius 2 is 1.78 bits per heavy atom. The second-order valence-electron chi connectivity index (χ2n) is 8.86. The number of anilines is 2. The van der Waals surface area contributed by atoms with Crippen LogP contribution in [0, 0.1) is 10.8 Å². The van der Waals surface area contributed by atoms with E-state index in [4.69, 9.17) is 27.3 Å². The number of benzene rings is 1. The minimum atomic E-state index is -4.89. The maximum absolute atomic E-state index is 13.5. The van der Waals surface area contributed by atoms with Crippen molar-refractivity contribution in [1.29, 1.82) is 10.8 Å². The third kappa shape index (κ3) is 4.29. The summed E-state index contributed by atoms with van der Waals surface area (Å²) in [6.45, 7) is 5.32. The highest BCUT2D eigenvalue weighted by Crippen LogP contribution is 2.41. The number of halogens is 3. The number of hydrogen-bond donors (Lipinski definition) is 4. The Hall–Kier alpha value is -3.89. The van der Waals surface area contributed by atoms with Gasteiger partial charge in [0.15, 0.2) is 0 Å². The number of hydrogen-bond acceptors (Lipinski definition) is 7. The van der Waals surface area contributed by atoms with Crippen molar-refractivity contribution >= 4 is 45.7 Å². The van der Waals surface area contributed by atoms with Gasteiger partial charge in [0.2, 0.25) is 5.91 Å².